The Labute approximate surface area is 184 Å². The highest BCUT2D eigenvalue weighted by molar-refractivity contribution is 9.10. The Morgan fingerprint density at radius 1 is 1.03 bits per heavy atom. The van der Waals surface area contributed by atoms with Gasteiger partial charge in [-0.05, 0) is 54.3 Å². The second-order valence-electron chi connectivity index (χ2n) is 7.71. The lowest BCUT2D eigenvalue weighted by Crippen LogP contribution is -2.11. The van der Waals surface area contributed by atoms with Crippen LogP contribution in [-0.4, -0.2) is 15.6 Å². The number of aromatic hydroxyl groups is 1. The molecule has 0 unspecified atom stereocenters. The van der Waals surface area contributed by atoms with Gasteiger partial charge in [0.2, 0.25) is 5.91 Å². The maximum atomic E-state index is 12.2. The highest BCUT2D eigenvalue weighted by Gasteiger charge is 2.20. The van der Waals surface area contributed by atoms with Crippen molar-refractivity contribution in [3.8, 4) is 5.75 Å². The van der Waals surface area contributed by atoms with Gasteiger partial charge >= 0.3 is 0 Å². The van der Waals surface area contributed by atoms with Crippen LogP contribution in [0.15, 0.2) is 59.1 Å². The van der Waals surface area contributed by atoms with Crippen LogP contribution in [0.1, 0.15) is 47.7 Å². The fourth-order valence-electron chi connectivity index (χ4n) is 4.19. The van der Waals surface area contributed by atoms with E-state index in [1.54, 1.807) is 6.07 Å². The van der Waals surface area contributed by atoms with E-state index in [2.05, 4.69) is 39.6 Å². The van der Waals surface area contributed by atoms with E-state index in [4.69, 9.17) is 5.73 Å². The van der Waals surface area contributed by atoms with E-state index in [-0.39, 0.29) is 5.75 Å². The average Bonchev–Trinajstić information content (AvgIpc) is 3.04. The molecule has 1 heterocycles. The van der Waals surface area contributed by atoms with Crippen molar-refractivity contribution >= 4 is 43.6 Å². The number of hydrogen-bond acceptors (Lipinski definition) is 2. The largest absolute Gasteiger partial charge is 0.507 e. The minimum atomic E-state index is -0.494. The number of carbonyl (C=O) groups is 1. The lowest BCUT2D eigenvalue weighted by atomic mass is 10.0. The van der Waals surface area contributed by atoms with Gasteiger partial charge in [-0.1, -0.05) is 60.0 Å². The van der Waals surface area contributed by atoms with Crippen LogP contribution in [0, 0.1) is 0 Å². The number of phenols is 1. The third kappa shape index (κ3) is 3.70. The van der Waals surface area contributed by atoms with E-state index < -0.39 is 5.91 Å². The molecule has 154 valence electrons. The fraction of sp³-hybridized carbons (Fsp3) is 0.240. The monoisotopic (exact) mass is 464 g/mol. The van der Waals surface area contributed by atoms with E-state index in [0.717, 1.165) is 52.3 Å². The SMILES string of the molecule is CCCCCc1cc(O)c2c3c(C(N)=O)cccc3n(Cc3ccccc3Br)c2c1. The molecule has 0 aliphatic rings. The van der Waals surface area contributed by atoms with E-state index in [0.29, 0.717) is 22.9 Å². The number of halogens is 1. The molecule has 4 aromatic rings. The van der Waals surface area contributed by atoms with Crippen molar-refractivity contribution in [3.63, 3.8) is 0 Å². The van der Waals surface area contributed by atoms with Gasteiger partial charge in [0.1, 0.15) is 5.75 Å². The first kappa shape index (κ1) is 20.5. The average molecular weight is 465 g/mol. The summed E-state index contributed by atoms with van der Waals surface area (Å²) in [6, 6.07) is 17.6. The summed E-state index contributed by atoms with van der Waals surface area (Å²) in [5, 5.41) is 12.4. The predicted octanol–water partition coefficient (Wildman–Crippen LogP) is 6.14. The van der Waals surface area contributed by atoms with Crippen molar-refractivity contribution < 1.29 is 9.90 Å². The summed E-state index contributed by atoms with van der Waals surface area (Å²) >= 11 is 3.64. The number of nitrogens with two attached hydrogens (primary N) is 1. The Morgan fingerprint density at radius 2 is 1.83 bits per heavy atom. The summed E-state index contributed by atoms with van der Waals surface area (Å²) in [7, 11) is 0. The summed E-state index contributed by atoms with van der Waals surface area (Å²) in [4.78, 5) is 12.2. The molecule has 0 atom stereocenters. The maximum absolute atomic E-state index is 12.2. The first-order chi connectivity index (χ1) is 14.5. The molecule has 3 aromatic carbocycles. The first-order valence-electron chi connectivity index (χ1n) is 10.3. The van der Waals surface area contributed by atoms with E-state index >= 15 is 0 Å². The standard InChI is InChI=1S/C25H25BrN2O2/c1-2-3-4-8-16-13-21-24(22(29)14-16)23-18(25(27)30)10-7-12-20(23)28(21)15-17-9-5-6-11-19(17)26/h5-7,9-14,29H,2-4,8,15H2,1H3,(H2,27,30). The zero-order chi connectivity index (χ0) is 21.3. The zero-order valence-electron chi connectivity index (χ0n) is 17.0. The number of primary amides is 1. The maximum Gasteiger partial charge on any atom is 0.249 e. The molecule has 0 spiro atoms. The smallest absolute Gasteiger partial charge is 0.249 e. The lowest BCUT2D eigenvalue weighted by molar-refractivity contribution is 0.100. The van der Waals surface area contributed by atoms with Crippen molar-refractivity contribution in [2.75, 3.05) is 0 Å². The quantitative estimate of drug-likeness (QED) is 0.322. The molecule has 3 N–H and O–H groups in total. The summed E-state index contributed by atoms with van der Waals surface area (Å²) in [5.41, 5.74) is 10.1. The number of hydrogen-bond donors (Lipinski definition) is 2. The van der Waals surface area contributed by atoms with Gasteiger partial charge in [-0.15, -0.1) is 0 Å². The van der Waals surface area contributed by atoms with E-state index in [9.17, 15) is 9.90 Å². The van der Waals surface area contributed by atoms with Crippen LogP contribution in [0.25, 0.3) is 21.8 Å². The van der Waals surface area contributed by atoms with Gasteiger partial charge in [-0.25, -0.2) is 0 Å². The number of phenolic OH excluding ortho intramolecular Hbond substituents is 1. The van der Waals surface area contributed by atoms with Crippen molar-refractivity contribution in [1.82, 2.24) is 4.57 Å². The third-order valence-corrected chi connectivity index (χ3v) is 6.42. The minimum absolute atomic E-state index is 0.198. The number of fused-ring (bicyclic) bond motifs is 3. The van der Waals surface area contributed by atoms with Crippen molar-refractivity contribution in [2.45, 2.75) is 39.2 Å². The molecule has 4 rings (SSSR count). The summed E-state index contributed by atoms with van der Waals surface area (Å²) in [6.45, 7) is 2.79. The summed E-state index contributed by atoms with van der Waals surface area (Å²) in [6.07, 6.45) is 4.30. The second-order valence-corrected chi connectivity index (χ2v) is 8.56. The van der Waals surface area contributed by atoms with Gasteiger partial charge < -0.3 is 15.4 Å². The molecule has 0 saturated carbocycles. The van der Waals surface area contributed by atoms with Gasteiger partial charge in [0.05, 0.1) is 16.4 Å². The molecule has 1 amide bonds. The van der Waals surface area contributed by atoms with Crippen LogP contribution in [0.5, 0.6) is 5.75 Å². The van der Waals surface area contributed by atoms with Gasteiger partial charge in [-0.2, -0.15) is 0 Å². The Morgan fingerprint density at radius 3 is 2.57 bits per heavy atom. The van der Waals surface area contributed by atoms with Crippen LogP contribution >= 0.6 is 15.9 Å². The van der Waals surface area contributed by atoms with Crippen LogP contribution in [0.4, 0.5) is 0 Å². The lowest BCUT2D eigenvalue weighted by Gasteiger charge is -2.11. The zero-order valence-corrected chi connectivity index (χ0v) is 18.6. The van der Waals surface area contributed by atoms with Crippen molar-refractivity contribution in [2.24, 2.45) is 5.73 Å². The molecule has 0 aliphatic heterocycles. The van der Waals surface area contributed by atoms with Crippen LogP contribution < -0.4 is 5.73 Å². The molecule has 0 saturated heterocycles. The highest BCUT2D eigenvalue weighted by Crippen LogP contribution is 2.39. The fourth-order valence-corrected chi connectivity index (χ4v) is 4.60. The van der Waals surface area contributed by atoms with Gasteiger partial charge in [0, 0.05) is 22.0 Å². The first-order valence-corrected chi connectivity index (χ1v) is 11.1. The predicted molar refractivity (Wildman–Crippen MR) is 126 cm³/mol. The molecular weight excluding hydrogens is 440 g/mol. The number of unbranched alkanes of at least 4 members (excludes halogenated alkanes) is 2. The number of benzene rings is 3. The molecule has 30 heavy (non-hydrogen) atoms. The number of aromatic nitrogens is 1. The Kier molecular flexibility index (Phi) is 5.82. The van der Waals surface area contributed by atoms with E-state index in [1.807, 2.05) is 36.4 Å². The molecule has 0 fully saturated rings. The minimum Gasteiger partial charge on any atom is -0.507 e. The molecule has 1 aromatic heterocycles. The normalized spacial score (nSPS) is 11.4. The Bertz CT molecular complexity index is 1240. The van der Waals surface area contributed by atoms with Gasteiger partial charge in [0.15, 0.2) is 0 Å². The topological polar surface area (TPSA) is 68.2 Å². The number of aryl methyl sites for hydroxylation is 1. The van der Waals surface area contributed by atoms with E-state index in [1.165, 1.54) is 0 Å². The Hall–Kier alpha value is -2.79. The van der Waals surface area contributed by atoms with Crippen molar-refractivity contribution in [3.05, 3.63) is 75.8 Å². The summed E-state index contributed by atoms with van der Waals surface area (Å²) in [5.74, 6) is -0.296. The molecule has 0 bridgehead atoms. The molecule has 0 radical (unpaired) electrons. The number of carbonyl (C=O) groups excluding carboxylic acids is 1. The third-order valence-electron chi connectivity index (χ3n) is 5.65. The molecule has 5 heteroatoms. The number of amides is 1. The number of nitrogens with zero attached hydrogens (tertiary/aromatic N) is 1. The van der Waals surface area contributed by atoms with Gasteiger partial charge in [0.25, 0.3) is 0 Å². The Balaban J connectivity index is 1.99. The van der Waals surface area contributed by atoms with Gasteiger partial charge in [-0.3, -0.25) is 4.79 Å². The number of rotatable bonds is 7. The van der Waals surface area contributed by atoms with Crippen LogP contribution in [0.3, 0.4) is 0 Å². The molecule has 0 aliphatic carbocycles. The van der Waals surface area contributed by atoms with Crippen molar-refractivity contribution in [1.29, 1.82) is 0 Å². The van der Waals surface area contributed by atoms with Crippen LogP contribution in [-0.2, 0) is 13.0 Å². The highest BCUT2D eigenvalue weighted by atomic mass is 79.9. The van der Waals surface area contributed by atoms with Crippen LogP contribution in [0.2, 0.25) is 0 Å². The molecule has 4 nitrogen and oxygen atoms in total. The molecular formula is C25H25BrN2O2. The second kappa shape index (κ2) is 8.52. The summed E-state index contributed by atoms with van der Waals surface area (Å²) < 4.78 is 3.19.